The number of carbonyl (C=O) groups excluding carboxylic acids is 1. The van der Waals surface area contributed by atoms with Crippen molar-refractivity contribution in [1.82, 2.24) is 0 Å². The first-order valence-corrected chi connectivity index (χ1v) is 5.65. The molecule has 15 heavy (non-hydrogen) atoms. The fourth-order valence-corrected chi connectivity index (χ4v) is 1.66. The Balaban J connectivity index is 2.62. The molecule has 1 rings (SSSR count). The highest BCUT2D eigenvalue weighted by molar-refractivity contribution is 6.33. The Kier molecular flexibility index (Phi) is 5.19. The molecular weight excluding hydrogens is 210 g/mol. The van der Waals surface area contributed by atoms with Gasteiger partial charge in [-0.3, -0.25) is 4.79 Å². The monoisotopic (exact) mass is 225 g/mol. The molecular formula is C12H16ClNO. The number of halogens is 1. The van der Waals surface area contributed by atoms with E-state index in [1.807, 2.05) is 0 Å². The van der Waals surface area contributed by atoms with Gasteiger partial charge in [-0.05, 0) is 18.6 Å². The van der Waals surface area contributed by atoms with E-state index in [0.29, 0.717) is 10.6 Å². The summed E-state index contributed by atoms with van der Waals surface area (Å²) >= 11 is 6.00. The second-order valence-corrected chi connectivity index (χ2v) is 3.86. The average molecular weight is 226 g/mol. The zero-order valence-electron chi connectivity index (χ0n) is 8.92. The molecule has 0 fully saturated rings. The molecule has 1 N–H and O–H groups in total. The summed E-state index contributed by atoms with van der Waals surface area (Å²) in [6.45, 7) is 3.02. The van der Waals surface area contributed by atoms with Gasteiger partial charge in [-0.1, -0.05) is 37.4 Å². The van der Waals surface area contributed by atoms with Gasteiger partial charge in [0.15, 0.2) is 6.29 Å². The number of unbranched alkanes of at least 4 members (excludes halogenated alkanes) is 2. The van der Waals surface area contributed by atoms with Gasteiger partial charge in [-0.15, -0.1) is 0 Å². The summed E-state index contributed by atoms with van der Waals surface area (Å²) in [6, 6.07) is 5.33. The first kappa shape index (κ1) is 12.1. The van der Waals surface area contributed by atoms with Crippen LogP contribution in [-0.4, -0.2) is 12.8 Å². The van der Waals surface area contributed by atoms with Crippen LogP contribution in [0.5, 0.6) is 0 Å². The summed E-state index contributed by atoms with van der Waals surface area (Å²) in [7, 11) is 0. The third-order valence-corrected chi connectivity index (χ3v) is 2.57. The summed E-state index contributed by atoms with van der Waals surface area (Å²) in [5, 5.41) is 3.81. The minimum absolute atomic E-state index is 0.607. The average Bonchev–Trinajstić information content (AvgIpc) is 2.26. The van der Waals surface area contributed by atoms with Crippen molar-refractivity contribution in [2.24, 2.45) is 0 Å². The van der Waals surface area contributed by atoms with Gasteiger partial charge in [0, 0.05) is 12.1 Å². The van der Waals surface area contributed by atoms with E-state index in [2.05, 4.69) is 12.2 Å². The van der Waals surface area contributed by atoms with Crippen molar-refractivity contribution >= 4 is 23.6 Å². The molecule has 0 aliphatic carbocycles. The van der Waals surface area contributed by atoms with Crippen LogP contribution < -0.4 is 5.32 Å². The first-order chi connectivity index (χ1) is 7.29. The Morgan fingerprint density at radius 1 is 1.40 bits per heavy atom. The molecule has 82 valence electrons. The molecule has 0 heterocycles. The first-order valence-electron chi connectivity index (χ1n) is 5.27. The minimum Gasteiger partial charge on any atom is -0.383 e. The van der Waals surface area contributed by atoms with Crippen LogP contribution in [-0.2, 0) is 0 Å². The topological polar surface area (TPSA) is 29.1 Å². The summed E-state index contributed by atoms with van der Waals surface area (Å²) in [5.74, 6) is 0. The van der Waals surface area contributed by atoms with E-state index in [1.54, 1.807) is 18.2 Å². The summed E-state index contributed by atoms with van der Waals surface area (Å²) < 4.78 is 0. The lowest BCUT2D eigenvalue weighted by Crippen LogP contribution is -2.04. The van der Waals surface area contributed by atoms with Crippen LogP contribution in [0.1, 0.15) is 36.5 Å². The van der Waals surface area contributed by atoms with Crippen molar-refractivity contribution in [2.45, 2.75) is 26.2 Å². The van der Waals surface area contributed by atoms with E-state index >= 15 is 0 Å². The predicted octanol–water partition coefficient (Wildman–Crippen LogP) is 3.75. The van der Waals surface area contributed by atoms with Crippen molar-refractivity contribution in [1.29, 1.82) is 0 Å². The largest absolute Gasteiger partial charge is 0.383 e. The number of carbonyl (C=O) groups is 1. The van der Waals surface area contributed by atoms with Gasteiger partial charge in [0.1, 0.15) is 0 Å². The van der Waals surface area contributed by atoms with Crippen LogP contribution >= 0.6 is 11.6 Å². The van der Waals surface area contributed by atoms with Gasteiger partial charge < -0.3 is 5.32 Å². The van der Waals surface area contributed by atoms with E-state index in [9.17, 15) is 4.79 Å². The molecule has 0 saturated carbocycles. The molecule has 1 aromatic rings. The maximum atomic E-state index is 10.8. The number of aldehydes is 1. The molecule has 0 unspecified atom stereocenters. The third-order valence-electron chi connectivity index (χ3n) is 2.25. The van der Waals surface area contributed by atoms with E-state index < -0.39 is 0 Å². The molecule has 2 nitrogen and oxygen atoms in total. The molecule has 0 aliphatic rings. The molecule has 0 radical (unpaired) electrons. The lowest BCUT2D eigenvalue weighted by Gasteiger charge is -2.10. The van der Waals surface area contributed by atoms with Crippen molar-refractivity contribution in [3.05, 3.63) is 28.8 Å². The number of anilines is 1. The van der Waals surface area contributed by atoms with Gasteiger partial charge in [-0.25, -0.2) is 0 Å². The second kappa shape index (κ2) is 6.46. The van der Waals surface area contributed by atoms with E-state index in [4.69, 9.17) is 11.6 Å². The van der Waals surface area contributed by atoms with E-state index in [-0.39, 0.29) is 0 Å². The predicted molar refractivity (Wildman–Crippen MR) is 64.9 cm³/mol. The maximum absolute atomic E-state index is 10.8. The quantitative estimate of drug-likeness (QED) is 0.590. The Bertz CT molecular complexity index is 325. The van der Waals surface area contributed by atoms with Crippen molar-refractivity contribution in [3.8, 4) is 0 Å². The van der Waals surface area contributed by atoms with Gasteiger partial charge in [0.05, 0.1) is 10.7 Å². The molecule has 1 aromatic carbocycles. The summed E-state index contributed by atoms with van der Waals surface area (Å²) in [4.78, 5) is 10.8. The van der Waals surface area contributed by atoms with Gasteiger partial charge in [0.2, 0.25) is 0 Å². The molecule has 0 atom stereocenters. The number of nitrogens with one attached hydrogen (secondary N) is 1. The minimum atomic E-state index is 0.607. The maximum Gasteiger partial charge on any atom is 0.152 e. The molecule has 3 heteroatoms. The van der Waals surface area contributed by atoms with E-state index in [1.165, 1.54) is 12.8 Å². The van der Waals surface area contributed by atoms with Crippen LogP contribution in [0.15, 0.2) is 18.2 Å². The van der Waals surface area contributed by atoms with Crippen LogP contribution in [0.25, 0.3) is 0 Å². The lowest BCUT2D eigenvalue weighted by molar-refractivity contribution is 0.112. The molecule has 0 aromatic heterocycles. The Hall–Kier alpha value is -1.02. The number of rotatable bonds is 6. The smallest absolute Gasteiger partial charge is 0.152 e. The van der Waals surface area contributed by atoms with Gasteiger partial charge in [-0.2, -0.15) is 0 Å². The molecule has 0 saturated heterocycles. The Morgan fingerprint density at radius 2 is 2.20 bits per heavy atom. The molecule has 0 spiro atoms. The lowest BCUT2D eigenvalue weighted by atomic mass is 10.2. The number of benzene rings is 1. The van der Waals surface area contributed by atoms with Crippen molar-refractivity contribution in [2.75, 3.05) is 11.9 Å². The molecule has 0 bridgehead atoms. The highest BCUT2D eigenvalue weighted by Gasteiger charge is 2.04. The fraction of sp³-hybridized carbons (Fsp3) is 0.417. The SMILES string of the molecule is CCCCCNc1c(Cl)cccc1C=O. The van der Waals surface area contributed by atoms with Crippen molar-refractivity contribution in [3.63, 3.8) is 0 Å². The number of hydrogen-bond donors (Lipinski definition) is 1. The van der Waals surface area contributed by atoms with Crippen LogP contribution in [0, 0.1) is 0 Å². The standard InChI is InChI=1S/C12H16ClNO/c1-2-3-4-8-14-12-10(9-15)6-5-7-11(12)13/h5-7,9,14H,2-4,8H2,1H3. The molecule has 0 aliphatic heterocycles. The van der Waals surface area contributed by atoms with E-state index in [0.717, 1.165) is 24.9 Å². The number of para-hydroxylation sites is 1. The van der Waals surface area contributed by atoms with Gasteiger partial charge >= 0.3 is 0 Å². The highest BCUT2D eigenvalue weighted by Crippen LogP contribution is 2.24. The molecule has 0 amide bonds. The fourth-order valence-electron chi connectivity index (χ4n) is 1.41. The summed E-state index contributed by atoms with van der Waals surface area (Å²) in [6.07, 6.45) is 4.30. The van der Waals surface area contributed by atoms with Gasteiger partial charge in [0.25, 0.3) is 0 Å². The second-order valence-electron chi connectivity index (χ2n) is 3.46. The van der Waals surface area contributed by atoms with Crippen LogP contribution in [0.4, 0.5) is 5.69 Å². The van der Waals surface area contributed by atoms with Crippen LogP contribution in [0.3, 0.4) is 0 Å². The van der Waals surface area contributed by atoms with Crippen LogP contribution in [0.2, 0.25) is 5.02 Å². The zero-order chi connectivity index (χ0) is 11.1. The van der Waals surface area contributed by atoms with Crippen molar-refractivity contribution < 1.29 is 4.79 Å². The zero-order valence-corrected chi connectivity index (χ0v) is 9.68. The number of hydrogen-bond acceptors (Lipinski definition) is 2. The summed E-state index contributed by atoms with van der Waals surface area (Å²) in [5.41, 5.74) is 1.38. The normalized spacial score (nSPS) is 10.0. The highest BCUT2D eigenvalue weighted by atomic mass is 35.5. The third kappa shape index (κ3) is 3.56. The Morgan fingerprint density at radius 3 is 2.87 bits per heavy atom. The Labute approximate surface area is 95.6 Å².